The highest BCUT2D eigenvalue weighted by Crippen LogP contribution is 2.41. The second kappa shape index (κ2) is 6.60. The molecule has 0 atom stereocenters. The standard InChI is InChI=1S/C30H20N2/c1-2-10-20(11-3-1)21-18-19-25-22-12-4-7-15-26(22)31-29(25)30(21)32-27-16-8-5-13-23(27)24-14-6-9-17-28(24)32/h1-19,31H. The number of aromatic nitrogens is 2. The number of aromatic amines is 1. The molecule has 0 fully saturated rings. The SMILES string of the molecule is c1ccc(-c2ccc3c([nH]c4ccccc43)c2-n2c3ccccc3c3ccccc32)cc1. The highest BCUT2D eigenvalue weighted by atomic mass is 15.0. The van der Waals surface area contributed by atoms with Crippen LogP contribution in [0.5, 0.6) is 0 Å². The van der Waals surface area contributed by atoms with E-state index in [4.69, 9.17) is 0 Å². The van der Waals surface area contributed by atoms with Gasteiger partial charge in [0.15, 0.2) is 0 Å². The molecular formula is C30H20N2. The first-order valence-corrected chi connectivity index (χ1v) is 11.0. The van der Waals surface area contributed by atoms with Crippen LogP contribution in [0.1, 0.15) is 0 Å². The van der Waals surface area contributed by atoms with Gasteiger partial charge >= 0.3 is 0 Å². The molecule has 0 spiro atoms. The van der Waals surface area contributed by atoms with Gasteiger partial charge in [0.1, 0.15) is 0 Å². The minimum atomic E-state index is 1.16. The molecule has 1 N–H and O–H groups in total. The summed E-state index contributed by atoms with van der Waals surface area (Å²) < 4.78 is 2.44. The lowest BCUT2D eigenvalue weighted by Crippen LogP contribution is -1.98. The van der Waals surface area contributed by atoms with Crippen molar-refractivity contribution in [1.82, 2.24) is 9.55 Å². The summed E-state index contributed by atoms with van der Waals surface area (Å²) in [6, 6.07) is 41.2. The van der Waals surface area contributed by atoms with E-state index in [9.17, 15) is 0 Å². The van der Waals surface area contributed by atoms with E-state index in [0.29, 0.717) is 0 Å². The van der Waals surface area contributed by atoms with Gasteiger partial charge in [0, 0.05) is 32.6 Å². The van der Waals surface area contributed by atoms with Gasteiger partial charge in [0.2, 0.25) is 0 Å². The normalized spacial score (nSPS) is 11.8. The first-order valence-electron chi connectivity index (χ1n) is 11.0. The van der Waals surface area contributed by atoms with Crippen molar-refractivity contribution >= 4 is 43.6 Å². The van der Waals surface area contributed by atoms with Crippen molar-refractivity contribution < 1.29 is 0 Å². The molecular weight excluding hydrogens is 388 g/mol. The van der Waals surface area contributed by atoms with E-state index in [2.05, 4.69) is 125 Å². The van der Waals surface area contributed by atoms with Crippen molar-refractivity contribution in [1.29, 1.82) is 0 Å². The summed E-state index contributed by atoms with van der Waals surface area (Å²) in [6.07, 6.45) is 0. The lowest BCUT2D eigenvalue weighted by Gasteiger charge is -2.15. The molecule has 2 heterocycles. The summed E-state index contributed by atoms with van der Waals surface area (Å²) in [5.74, 6) is 0. The Balaban J connectivity index is 1.74. The van der Waals surface area contributed by atoms with Crippen molar-refractivity contribution in [3.63, 3.8) is 0 Å². The summed E-state index contributed by atoms with van der Waals surface area (Å²) >= 11 is 0. The number of rotatable bonds is 2. The monoisotopic (exact) mass is 408 g/mol. The number of nitrogens with zero attached hydrogens (tertiary/aromatic N) is 1. The van der Waals surface area contributed by atoms with Crippen LogP contribution in [-0.4, -0.2) is 9.55 Å². The third kappa shape index (κ3) is 2.35. The Kier molecular flexibility index (Phi) is 3.58. The number of hydrogen-bond donors (Lipinski definition) is 1. The Bertz CT molecular complexity index is 1710. The first-order chi connectivity index (χ1) is 15.9. The smallest absolute Gasteiger partial charge is 0.0782 e. The molecule has 5 aromatic carbocycles. The average Bonchev–Trinajstić information content (AvgIpc) is 3.40. The second-order valence-electron chi connectivity index (χ2n) is 8.29. The zero-order valence-electron chi connectivity index (χ0n) is 17.4. The summed E-state index contributed by atoms with van der Waals surface area (Å²) in [4.78, 5) is 3.75. The lowest BCUT2D eigenvalue weighted by molar-refractivity contribution is 1.19. The van der Waals surface area contributed by atoms with Crippen molar-refractivity contribution in [2.45, 2.75) is 0 Å². The van der Waals surface area contributed by atoms with E-state index in [1.807, 2.05) is 0 Å². The van der Waals surface area contributed by atoms with Crippen LogP contribution in [0.25, 0.3) is 60.4 Å². The molecule has 7 aromatic rings. The van der Waals surface area contributed by atoms with Gasteiger partial charge < -0.3 is 9.55 Å². The molecule has 0 aliphatic carbocycles. The predicted octanol–water partition coefficient (Wildman–Crippen LogP) is 8.09. The van der Waals surface area contributed by atoms with Crippen molar-refractivity contribution in [3.8, 4) is 16.8 Å². The number of benzene rings is 5. The Labute approximate surface area is 185 Å². The van der Waals surface area contributed by atoms with E-state index in [1.54, 1.807) is 0 Å². The van der Waals surface area contributed by atoms with Gasteiger partial charge in [-0.2, -0.15) is 0 Å². The maximum Gasteiger partial charge on any atom is 0.0782 e. The van der Waals surface area contributed by atoms with Crippen molar-refractivity contribution in [3.05, 3.63) is 115 Å². The molecule has 0 bridgehead atoms. The van der Waals surface area contributed by atoms with E-state index < -0.39 is 0 Å². The van der Waals surface area contributed by atoms with E-state index in [-0.39, 0.29) is 0 Å². The zero-order valence-corrected chi connectivity index (χ0v) is 17.4. The Morgan fingerprint density at radius 2 is 1.06 bits per heavy atom. The number of H-pyrrole nitrogens is 1. The van der Waals surface area contributed by atoms with Crippen LogP contribution < -0.4 is 0 Å². The molecule has 0 aliphatic rings. The van der Waals surface area contributed by atoms with Crippen LogP contribution in [0.4, 0.5) is 0 Å². The molecule has 0 unspecified atom stereocenters. The van der Waals surface area contributed by atoms with Gasteiger partial charge in [-0.15, -0.1) is 0 Å². The molecule has 32 heavy (non-hydrogen) atoms. The minimum absolute atomic E-state index is 1.16. The largest absolute Gasteiger partial charge is 0.353 e. The van der Waals surface area contributed by atoms with E-state index in [0.717, 1.165) is 5.52 Å². The predicted molar refractivity (Wildman–Crippen MR) is 136 cm³/mol. The number of para-hydroxylation sites is 3. The third-order valence-electron chi connectivity index (χ3n) is 6.54. The van der Waals surface area contributed by atoms with E-state index >= 15 is 0 Å². The third-order valence-corrected chi connectivity index (χ3v) is 6.54. The summed E-state index contributed by atoms with van der Waals surface area (Å²) in [5, 5.41) is 5.05. The van der Waals surface area contributed by atoms with Gasteiger partial charge in [0.25, 0.3) is 0 Å². The molecule has 0 saturated carbocycles. The van der Waals surface area contributed by atoms with Gasteiger partial charge in [-0.25, -0.2) is 0 Å². The van der Waals surface area contributed by atoms with Crippen molar-refractivity contribution in [2.75, 3.05) is 0 Å². The first kappa shape index (κ1) is 17.4. The second-order valence-corrected chi connectivity index (χ2v) is 8.29. The van der Waals surface area contributed by atoms with Crippen LogP contribution >= 0.6 is 0 Å². The number of hydrogen-bond acceptors (Lipinski definition) is 0. The molecule has 0 saturated heterocycles. The molecule has 2 nitrogen and oxygen atoms in total. The maximum absolute atomic E-state index is 3.75. The van der Waals surface area contributed by atoms with Gasteiger partial charge in [0.05, 0.1) is 22.2 Å². The topological polar surface area (TPSA) is 20.7 Å². The zero-order chi connectivity index (χ0) is 21.1. The molecule has 2 heteroatoms. The Morgan fingerprint density at radius 1 is 0.469 bits per heavy atom. The highest BCUT2D eigenvalue weighted by Gasteiger charge is 2.19. The average molecular weight is 409 g/mol. The Morgan fingerprint density at radius 3 is 1.78 bits per heavy atom. The summed E-state index contributed by atoms with van der Waals surface area (Å²) in [7, 11) is 0. The van der Waals surface area contributed by atoms with Gasteiger partial charge in [-0.05, 0) is 23.8 Å². The molecule has 0 aliphatic heterocycles. The Hall–Kier alpha value is -4.30. The van der Waals surface area contributed by atoms with Crippen LogP contribution in [0.2, 0.25) is 0 Å². The van der Waals surface area contributed by atoms with Gasteiger partial charge in [-0.1, -0.05) is 97.1 Å². The summed E-state index contributed by atoms with van der Waals surface area (Å²) in [5.41, 5.74) is 8.39. The summed E-state index contributed by atoms with van der Waals surface area (Å²) in [6.45, 7) is 0. The fraction of sp³-hybridized carbons (Fsp3) is 0. The van der Waals surface area contributed by atoms with Crippen LogP contribution in [0.3, 0.4) is 0 Å². The minimum Gasteiger partial charge on any atom is -0.353 e. The molecule has 7 rings (SSSR count). The number of nitrogens with one attached hydrogen (secondary N) is 1. The van der Waals surface area contributed by atoms with Crippen LogP contribution in [-0.2, 0) is 0 Å². The van der Waals surface area contributed by atoms with Crippen LogP contribution in [0, 0.1) is 0 Å². The van der Waals surface area contributed by atoms with Gasteiger partial charge in [-0.3, -0.25) is 0 Å². The maximum atomic E-state index is 3.75. The van der Waals surface area contributed by atoms with Crippen LogP contribution in [0.15, 0.2) is 115 Å². The fourth-order valence-corrected chi connectivity index (χ4v) is 5.15. The highest BCUT2D eigenvalue weighted by molar-refractivity contribution is 6.15. The quantitative estimate of drug-likeness (QED) is 0.298. The molecule has 0 amide bonds. The van der Waals surface area contributed by atoms with E-state index in [1.165, 1.54) is 54.9 Å². The fourth-order valence-electron chi connectivity index (χ4n) is 5.15. The molecule has 150 valence electrons. The number of fused-ring (bicyclic) bond motifs is 6. The lowest BCUT2D eigenvalue weighted by atomic mass is 10.0. The molecule has 0 radical (unpaired) electrons. The molecule has 2 aromatic heterocycles. The van der Waals surface area contributed by atoms with Crippen molar-refractivity contribution in [2.24, 2.45) is 0 Å².